The van der Waals surface area contributed by atoms with Gasteiger partial charge in [-0.3, -0.25) is 24.0 Å². The van der Waals surface area contributed by atoms with Crippen molar-refractivity contribution in [3.8, 4) is 5.75 Å². The van der Waals surface area contributed by atoms with E-state index in [-0.39, 0.29) is 41.4 Å². The predicted octanol–water partition coefficient (Wildman–Crippen LogP) is 0.740. The highest BCUT2D eigenvalue weighted by molar-refractivity contribution is 6.02. The highest BCUT2D eigenvalue weighted by Crippen LogP contribution is 2.65. The van der Waals surface area contributed by atoms with Crippen LogP contribution < -0.4 is 20.7 Å². The van der Waals surface area contributed by atoms with Crippen LogP contribution in [0.25, 0.3) is 10.9 Å². The fraction of sp³-hybridized carbons (Fsp3) is 0.581. The molecule has 0 spiro atoms. The van der Waals surface area contributed by atoms with Crippen LogP contribution in [0.5, 0.6) is 5.75 Å². The number of aromatic amines is 1. The van der Waals surface area contributed by atoms with Crippen molar-refractivity contribution in [3.63, 3.8) is 0 Å². The van der Waals surface area contributed by atoms with Crippen molar-refractivity contribution in [3.05, 3.63) is 30.0 Å². The number of amides is 4. The molecule has 6 rings (SSSR count). The maximum Gasteiger partial charge on any atom is 0.268 e. The molecule has 43 heavy (non-hydrogen) atoms. The number of ether oxygens (including phenoxy) is 1. The molecule has 4 fully saturated rings. The number of aromatic nitrogens is 1. The molecule has 2 saturated carbocycles. The lowest BCUT2D eigenvalue weighted by atomic mass is 9.94. The molecule has 0 bridgehead atoms. The average Bonchev–Trinajstić information content (AvgIpc) is 3.65. The first-order valence-corrected chi connectivity index (χ1v) is 15.0. The van der Waals surface area contributed by atoms with E-state index in [0.717, 1.165) is 23.7 Å². The summed E-state index contributed by atoms with van der Waals surface area (Å²) >= 11 is 0. The Balaban J connectivity index is 1.21. The molecule has 4 aliphatic rings. The van der Waals surface area contributed by atoms with Crippen LogP contribution in [-0.4, -0.2) is 89.3 Å². The molecule has 0 unspecified atom stereocenters. The van der Waals surface area contributed by atoms with Crippen molar-refractivity contribution < 1.29 is 33.8 Å². The first kappa shape index (κ1) is 29.2. The van der Waals surface area contributed by atoms with E-state index in [0.29, 0.717) is 31.0 Å². The summed E-state index contributed by atoms with van der Waals surface area (Å²) in [6.07, 6.45) is 2.21. The molecule has 3 heterocycles. The summed E-state index contributed by atoms with van der Waals surface area (Å²) in [5.41, 5.74) is 0.876. The zero-order valence-electron chi connectivity index (χ0n) is 24.6. The molecule has 2 saturated heterocycles. The molecule has 5 N–H and O–H groups in total. The molecule has 4 amide bonds. The second kappa shape index (κ2) is 11.0. The quantitative estimate of drug-likeness (QED) is 0.256. The van der Waals surface area contributed by atoms with Crippen LogP contribution in [-0.2, 0) is 19.2 Å². The topological polar surface area (TPSA) is 170 Å². The number of piperidine rings is 1. The van der Waals surface area contributed by atoms with Gasteiger partial charge in [0.25, 0.3) is 5.91 Å². The summed E-state index contributed by atoms with van der Waals surface area (Å²) in [7, 11) is 1.56. The second-order valence-corrected chi connectivity index (χ2v) is 13.0. The van der Waals surface area contributed by atoms with Gasteiger partial charge in [0.15, 0.2) is 5.78 Å². The lowest BCUT2D eigenvalue weighted by molar-refractivity contribution is -0.143. The van der Waals surface area contributed by atoms with Crippen LogP contribution in [0.15, 0.2) is 24.3 Å². The van der Waals surface area contributed by atoms with E-state index in [1.54, 1.807) is 24.1 Å². The number of hydrogen-bond donors (Lipinski definition) is 5. The van der Waals surface area contributed by atoms with Crippen LogP contribution in [0.4, 0.5) is 0 Å². The maximum atomic E-state index is 14.1. The number of ketones is 1. The SMILES string of the molecule is COc1cccc2[nH]c(C(=O)N[C@H](C(=O)N3C[C@H]4[C@@H]([C@H]3C(=O)N[C@@H](C[C@@H]3CCNC3=O)C(=O)CO)C4(C)C)C3CC3)cc12. The minimum Gasteiger partial charge on any atom is -0.496 e. The number of Topliss-reactive ketones (excluding diaryl/α,β-unsaturated/α-hetero) is 1. The van der Waals surface area contributed by atoms with Gasteiger partial charge in [-0.05, 0) is 67.1 Å². The first-order valence-electron chi connectivity index (χ1n) is 15.0. The lowest BCUT2D eigenvalue weighted by Crippen LogP contribution is -2.58. The number of benzene rings is 1. The molecule has 1 aromatic heterocycles. The van der Waals surface area contributed by atoms with E-state index >= 15 is 0 Å². The zero-order valence-corrected chi connectivity index (χ0v) is 24.6. The number of aliphatic hydroxyl groups is 1. The summed E-state index contributed by atoms with van der Waals surface area (Å²) in [5.74, 6) is -1.80. The fourth-order valence-corrected chi connectivity index (χ4v) is 7.24. The third kappa shape index (κ3) is 5.26. The molecule has 2 aliphatic carbocycles. The standard InChI is InChI=1S/C31H39N5O7/c1-31(2)18-13-36(26(24(18)31)29(41)34-20(22(38)14-37)11-16-9-10-32-27(16)39)30(42)25(15-7-8-15)35-28(40)21-12-17-19(33-21)5-4-6-23(17)43-3/h4-6,12,15-16,18,20,24-26,33,37H,7-11,13-14H2,1-3H3,(H,32,39)(H,34,41)(H,35,40)/t16-,18-,20-,24-,25-,26-/m0/s1. The molecule has 0 radical (unpaired) electrons. The average molecular weight is 594 g/mol. The van der Waals surface area contributed by atoms with E-state index in [2.05, 4.69) is 34.8 Å². The Bertz CT molecular complexity index is 1480. The summed E-state index contributed by atoms with van der Waals surface area (Å²) in [5, 5.41) is 18.8. The van der Waals surface area contributed by atoms with Crippen LogP contribution in [0.2, 0.25) is 0 Å². The molecule has 12 nitrogen and oxygen atoms in total. The number of aliphatic hydroxyl groups excluding tert-OH is 1. The number of nitrogens with one attached hydrogen (secondary N) is 4. The van der Waals surface area contributed by atoms with E-state index < -0.39 is 48.2 Å². The molecule has 6 atom stereocenters. The number of carbonyl (C=O) groups excluding carboxylic acids is 5. The van der Waals surface area contributed by atoms with Crippen molar-refractivity contribution in [1.29, 1.82) is 0 Å². The number of likely N-dealkylation sites (tertiary alicyclic amines) is 1. The van der Waals surface area contributed by atoms with Gasteiger partial charge in [-0.15, -0.1) is 0 Å². The van der Waals surface area contributed by atoms with Gasteiger partial charge in [-0.2, -0.15) is 0 Å². The van der Waals surface area contributed by atoms with Gasteiger partial charge >= 0.3 is 0 Å². The number of rotatable bonds is 11. The minimum atomic E-state index is -1.04. The molecule has 2 aromatic rings. The van der Waals surface area contributed by atoms with E-state index in [4.69, 9.17) is 4.74 Å². The predicted molar refractivity (Wildman–Crippen MR) is 155 cm³/mol. The van der Waals surface area contributed by atoms with Crippen LogP contribution in [0, 0.1) is 29.1 Å². The van der Waals surface area contributed by atoms with Gasteiger partial charge in [0, 0.05) is 29.9 Å². The normalized spacial score (nSPS) is 26.8. The summed E-state index contributed by atoms with van der Waals surface area (Å²) in [6.45, 7) is 4.24. The molecule has 2 aliphatic heterocycles. The monoisotopic (exact) mass is 593 g/mol. The van der Waals surface area contributed by atoms with Gasteiger partial charge in [0.2, 0.25) is 17.7 Å². The highest BCUT2D eigenvalue weighted by atomic mass is 16.5. The lowest BCUT2D eigenvalue weighted by Gasteiger charge is -2.34. The van der Waals surface area contributed by atoms with Gasteiger partial charge in [-0.1, -0.05) is 19.9 Å². The summed E-state index contributed by atoms with van der Waals surface area (Å²) < 4.78 is 5.41. The third-order valence-electron chi connectivity index (χ3n) is 10.0. The van der Waals surface area contributed by atoms with Crippen LogP contribution >= 0.6 is 0 Å². The number of fused-ring (bicyclic) bond motifs is 2. The Labute approximate surface area is 249 Å². The zero-order chi connectivity index (χ0) is 30.6. The molecule has 1 aromatic carbocycles. The highest BCUT2D eigenvalue weighted by Gasteiger charge is 2.70. The molecule has 230 valence electrons. The Hall–Kier alpha value is -3.93. The second-order valence-electron chi connectivity index (χ2n) is 13.0. The Morgan fingerprint density at radius 2 is 1.93 bits per heavy atom. The maximum absolute atomic E-state index is 14.1. The van der Waals surface area contributed by atoms with Gasteiger partial charge in [0.05, 0.1) is 13.2 Å². The minimum absolute atomic E-state index is 0.0337. The Morgan fingerprint density at radius 1 is 1.16 bits per heavy atom. The number of carbonyl (C=O) groups is 5. The van der Waals surface area contributed by atoms with Crippen molar-refractivity contribution in [1.82, 2.24) is 25.8 Å². The first-order chi connectivity index (χ1) is 20.5. The van der Waals surface area contributed by atoms with Crippen molar-refractivity contribution in [2.24, 2.45) is 29.1 Å². The number of methoxy groups -OCH3 is 1. The number of nitrogens with zero attached hydrogens (tertiary/aromatic N) is 1. The van der Waals surface area contributed by atoms with E-state index in [9.17, 15) is 29.1 Å². The Morgan fingerprint density at radius 3 is 2.58 bits per heavy atom. The summed E-state index contributed by atoms with van der Waals surface area (Å²) in [4.78, 5) is 70.8. The van der Waals surface area contributed by atoms with Crippen molar-refractivity contribution in [2.75, 3.05) is 26.8 Å². The van der Waals surface area contributed by atoms with Crippen LogP contribution in [0.3, 0.4) is 0 Å². The molecular weight excluding hydrogens is 554 g/mol. The fourth-order valence-electron chi connectivity index (χ4n) is 7.24. The van der Waals surface area contributed by atoms with E-state index in [1.807, 2.05) is 12.1 Å². The van der Waals surface area contributed by atoms with Crippen molar-refractivity contribution >= 4 is 40.3 Å². The van der Waals surface area contributed by atoms with Crippen LogP contribution in [0.1, 0.15) is 50.0 Å². The van der Waals surface area contributed by atoms with Gasteiger partial charge < -0.3 is 35.7 Å². The number of hydrogen-bond acceptors (Lipinski definition) is 7. The third-order valence-corrected chi connectivity index (χ3v) is 10.0. The largest absolute Gasteiger partial charge is 0.496 e. The van der Waals surface area contributed by atoms with Gasteiger partial charge in [0.1, 0.15) is 30.1 Å². The Kier molecular flexibility index (Phi) is 7.44. The molecular formula is C31H39N5O7. The molecule has 12 heteroatoms. The van der Waals surface area contributed by atoms with Crippen molar-refractivity contribution in [2.45, 2.75) is 57.7 Å². The van der Waals surface area contributed by atoms with E-state index in [1.165, 1.54) is 0 Å². The smallest absolute Gasteiger partial charge is 0.268 e. The van der Waals surface area contributed by atoms with Gasteiger partial charge in [-0.25, -0.2) is 0 Å². The number of H-pyrrole nitrogens is 1. The summed E-state index contributed by atoms with van der Waals surface area (Å²) in [6, 6.07) is 4.51.